The van der Waals surface area contributed by atoms with Crippen LogP contribution in [0.25, 0.3) is 0 Å². The lowest BCUT2D eigenvalue weighted by Crippen LogP contribution is -1.86. The third kappa shape index (κ3) is 1.08. The van der Waals surface area contributed by atoms with Crippen LogP contribution in [0.2, 0.25) is 0 Å². The van der Waals surface area contributed by atoms with Crippen molar-refractivity contribution >= 4 is 12.1 Å². The van der Waals surface area contributed by atoms with Crippen molar-refractivity contribution in [3.05, 3.63) is 0 Å². The highest BCUT2D eigenvalue weighted by Gasteiger charge is 2.27. The summed E-state index contributed by atoms with van der Waals surface area (Å²) in [6.45, 7) is 5.23. The van der Waals surface area contributed by atoms with Gasteiger partial charge in [0, 0.05) is 38.3 Å². The molecule has 0 aromatic rings. The van der Waals surface area contributed by atoms with E-state index in [9.17, 15) is 0 Å². The molecule has 0 spiro atoms. The first kappa shape index (κ1) is 4.18. The van der Waals surface area contributed by atoms with Crippen molar-refractivity contribution in [1.82, 2.24) is 8.61 Å². The smallest absolute Gasteiger partial charge is 0.0240 e. The van der Waals surface area contributed by atoms with Crippen LogP contribution in [0.3, 0.4) is 0 Å². The molecule has 2 rings (SSSR count). The second-order valence-corrected chi connectivity index (χ2v) is 3.14. The lowest BCUT2D eigenvalue weighted by atomic mass is 11.0. The van der Waals surface area contributed by atoms with Gasteiger partial charge in [-0.05, 0) is 0 Å². The first-order valence-corrected chi connectivity index (χ1v) is 3.36. The van der Waals surface area contributed by atoms with Gasteiger partial charge in [0.15, 0.2) is 0 Å². The number of rotatable bonds is 2. The van der Waals surface area contributed by atoms with E-state index in [4.69, 9.17) is 0 Å². The number of nitrogens with zero attached hydrogens (tertiary/aromatic N) is 2. The molecule has 0 N–H and O–H groups in total. The molecule has 0 aromatic heterocycles. The number of hydrogen-bond acceptors (Lipinski definition) is 3. The maximum atomic E-state index is 2.35. The Balaban J connectivity index is 1.69. The van der Waals surface area contributed by atoms with Gasteiger partial charge in [0.1, 0.15) is 0 Å². The Hall–Kier alpha value is 0.270. The molecular formula is C4H8N2S. The maximum Gasteiger partial charge on any atom is 0.0240 e. The summed E-state index contributed by atoms with van der Waals surface area (Å²) in [7, 11) is 0. The van der Waals surface area contributed by atoms with E-state index in [0.717, 1.165) is 0 Å². The summed E-state index contributed by atoms with van der Waals surface area (Å²) in [6, 6.07) is 0. The van der Waals surface area contributed by atoms with E-state index >= 15 is 0 Å². The Labute approximate surface area is 47.7 Å². The number of hydrogen-bond donors (Lipinski definition) is 0. The minimum Gasteiger partial charge on any atom is -0.235 e. The van der Waals surface area contributed by atoms with Crippen molar-refractivity contribution in [3.63, 3.8) is 0 Å². The fourth-order valence-corrected chi connectivity index (χ4v) is 1.22. The van der Waals surface area contributed by atoms with E-state index in [1.54, 1.807) is 0 Å². The van der Waals surface area contributed by atoms with E-state index < -0.39 is 0 Å². The van der Waals surface area contributed by atoms with Gasteiger partial charge in [0.2, 0.25) is 0 Å². The molecule has 2 saturated heterocycles. The molecule has 0 bridgehead atoms. The molecule has 2 aliphatic rings. The molecule has 2 nitrogen and oxygen atoms in total. The molecule has 0 atom stereocenters. The lowest BCUT2D eigenvalue weighted by molar-refractivity contribution is 0.853. The van der Waals surface area contributed by atoms with Gasteiger partial charge in [-0.1, -0.05) is 0 Å². The van der Waals surface area contributed by atoms with Crippen LogP contribution in [0.5, 0.6) is 0 Å². The van der Waals surface area contributed by atoms with Gasteiger partial charge in [-0.15, -0.1) is 0 Å². The quantitative estimate of drug-likeness (QED) is 0.375. The maximum absolute atomic E-state index is 2.35. The molecule has 2 aliphatic heterocycles. The normalized spacial score (nSPS) is 30.9. The standard InChI is InChI=1S/C4H8N2S/c1-2-5(1)7-6-3-4-6/h1-4H2. The molecule has 7 heavy (non-hydrogen) atoms. The second-order valence-electron chi connectivity index (χ2n) is 1.94. The third-order valence-electron chi connectivity index (χ3n) is 1.04. The topological polar surface area (TPSA) is 6.02 Å². The average Bonchev–Trinajstić information content (AvgIpc) is 2.33. The summed E-state index contributed by atoms with van der Waals surface area (Å²) < 4.78 is 4.71. The average molecular weight is 116 g/mol. The molecule has 0 saturated carbocycles. The van der Waals surface area contributed by atoms with Crippen LogP contribution in [0.15, 0.2) is 0 Å². The predicted molar refractivity (Wildman–Crippen MR) is 30.7 cm³/mol. The summed E-state index contributed by atoms with van der Waals surface area (Å²) in [5, 5.41) is 0. The van der Waals surface area contributed by atoms with E-state index in [1.165, 1.54) is 26.2 Å². The molecule has 0 unspecified atom stereocenters. The summed E-state index contributed by atoms with van der Waals surface area (Å²) in [4.78, 5) is 0. The fraction of sp³-hybridized carbons (Fsp3) is 1.00. The van der Waals surface area contributed by atoms with Crippen LogP contribution in [-0.4, -0.2) is 34.8 Å². The summed E-state index contributed by atoms with van der Waals surface area (Å²) in [5.74, 6) is 0. The van der Waals surface area contributed by atoms with Gasteiger partial charge >= 0.3 is 0 Å². The molecular weight excluding hydrogens is 108 g/mol. The van der Waals surface area contributed by atoms with E-state index in [1.807, 2.05) is 12.1 Å². The Bertz CT molecular complexity index is 67.8. The Morgan fingerprint density at radius 1 is 0.857 bits per heavy atom. The Kier molecular flexibility index (Phi) is 0.818. The molecule has 2 heterocycles. The van der Waals surface area contributed by atoms with E-state index in [2.05, 4.69) is 8.61 Å². The van der Waals surface area contributed by atoms with Gasteiger partial charge in [0.05, 0.1) is 0 Å². The SMILES string of the molecule is C1CN1SN1CC1. The highest BCUT2D eigenvalue weighted by molar-refractivity contribution is 7.95. The van der Waals surface area contributed by atoms with Crippen LogP contribution in [-0.2, 0) is 0 Å². The second kappa shape index (κ2) is 1.37. The summed E-state index contributed by atoms with van der Waals surface area (Å²) in [5.41, 5.74) is 0. The Morgan fingerprint density at radius 2 is 1.29 bits per heavy atom. The fourth-order valence-electron chi connectivity index (χ4n) is 0.408. The largest absolute Gasteiger partial charge is 0.235 e. The van der Waals surface area contributed by atoms with Gasteiger partial charge in [-0.3, -0.25) is 0 Å². The lowest BCUT2D eigenvalue weighted by Gasteiger charge is -1.94. The van der Waals surface area contributed by atoms with Crippen LogP contribution in [0.1, 0.15) is 0 Å². The molecule has 3 heteroatoms. The molecule has 0 amide bonds. The van der Waals surface area contributed by atoms with Crippen LogP contribution in [0, 0.1) is 0 Å². The monoisotopic (exact) mass is 116 g/mol. The van der Waals surface area contributed by atoms with Crippen LogP contribution < -0.4 is 0 Å². The van der Waals surface area contributed by atoms with Gasteiger partial charge < -0.3 is 0 Å². The Morgan fingerprint density at radius 3 is 1.57 bits per heavy atom. The van der Waals surface area contributed by atoms with E-state index in [-0.39, 0.29) is 0 Å². The van der Waals surface area contributed by atoms with Crippen LogP contribution in [0.4, 0.5) is 0 Å². The van der Waals surface area contributed by atoms with Crippen molar-refractivity contribution in [2.75, 3.05) is 26.2 Å². The molecule has 40 valence electrons. The highest BCUT2D eigenvalue weighted by Crippen LogP contribution is 2.27. The van der Waals surface area contributed by atoms with Crippen molar-refractivity contribution in [1.29, 1.82) is 0 Å². The van der Waals surface area contributed by atoms with E-state index in [0.29, 0.717) is 0 Å². The van der Waals surface area contributed by atoms with Crippen molar-refractivity contribution in [2.45, 2.75) is 0 Å². The first-order chi connectivity index (χ1) is 3.45. The van der Waals surface area contributed by atoms with Gasteiger partial charge in [-0.25, -0.2) is 8.61 Å². The van der Waals surface area contributed by atoms with Crippen molar-refractivity contribution < 1.29 is 0 Å². The van der Waals surface area contributed by atoms with Gasteiger partial charge in [-0.2, -0.15) is 0 Å². The molecule has 0 aromatic carbocycles. The summed E-state index contributed by atoms with van der Waals surface area (Å²) in [6.07, 6.45) is 0. The molecule has 0 aliphatic carbocycles. The predicted octanol–water partition coefficient (Wildman–Crippen LogP) is 0.181. The van der Waals surface area contributed by atoms with Crippen LogP contribution >= 0.6 is 12.1 Å². The highest BCUT2D eigenvalue weighted by atomic mass is 32.2. The minimum absolute atomic E-state index is 1.31. The first-order valence-electron chi connectivity index (χ1n) is 2.63. The zero-order valence-corrected chi connectivity index (χ0v) is 4.95. The van der Waals surface area contributed by atoms with Crippen molar-refractivity contribution in [3.8, 4) is 0 Å². The third-order valence-corrected chi connectivity index (χ3v) is 2.24. The zero-order chi connectivity index (χ0) is 4.69. The zero-order valence-electron chi connectivity index (χ0n) is 4.13. The molecule has 2 fully saturated rings. The van der Waals surface area contributed by atoms with Gasteiger partial charge in [0.25, 0.3) is 0 Å². The molecule has 0 radical (unpaired) electrons. The minimum atomic E-state index is 1.31. The summed E-state index contributed by atoms with van der Waals surface area (Å²) >= 11 is 1.90. The van der Waals surface area contributed by atoms with Crippen molar-refractivity contribution in [2.24, 2.45) is 0 Å².